The maximum atomic E-state index is 12.4. The molecule has 1 unspecified atom stereocenters. The van der Waals surface area contributed by atoms with Crippen molar-refractivity contribution in [1.29, 1.82) is 0 Å². The van der Waals surface area contributed by atoms with Crippen LogP contribution in [-0.4, -0.2) is 30.7 Å². The summed E-state index contributed by atoms with van der Waals surface area (Å²) in [6, 6.07) is 7.45. The van der Waals surface area contributed by atoms with E-state index < -0.39 is 0 Å². The van der Waals surface area contributed by atoms with Crippen LogP contribution >= 0.6 is 11.8 Å². The number of amides is 2. The summed E-state index contributed by atoms with van der Waals surface area (Å²) in [5, 5.41) is 6.17. The molecule has 20 heavy (non-hydrogen) atoms. The minimum absolute atomic E-state index is 0.00891. The Labute approximate surface area is 122 Å². The van der Waals surface area contributed by atoms with Gasteiger partial charge in [0, 0.05) is 11.4 Å². The molecule has 1 aromatic carbocycles. The molecule has 2 rings (SSSR count). The SMILES string of the molecule is CC1(C(=O)Nc2ccccc2SCC(N)=O)CCNC1. The van der Waals surface area contributed by atoms with E-state index in [1.807, 2.05) is 31.2 Å². The van der Waals surface area contributed by atoms with Crippen molar-refractivity contribution in [1.82, 2.24) is 5.32 Å². The lowest BCUT2D eigenvalue weighted by molar-refractivity contribution is -0.123. The molecule has 6 heteroatoms. The zero-order chi connectivity index (χ0) is 14.6. The Balaban J connectivity index is 2.08. The Morgan fingerprint density at radius 3 is 2.85 bits per heavy atom. The summed E-state index contributed by atoms with van der Waals surface area (Å²) in [5.74, 6) is -0.163. The third kappa shape index (κ3) is 3.52. The van der Waals surface area contributed by atoms with Crippen LogP contribution in [0.4, 0.5) is 5.69 Å². The van der Waals surface area contributed by atoms with Crippen molar-refractivity contribution in [3.8, 4) is 0 Å². The lowest BCUT2D eigenvalue weighted by atomic mass is 9.89. The number of carbonyl (C=O) groups is 2. The zero-order valence-electron chi connectivity index (χ0n) is 11.4. The average Bonchev–Trinajstić information content (AvgIpc) is 2.86. The van der Waals surface area contributed by atoms with Crippen molar-refractivity contribution in [2.75, 3.05) is 24.2 Å². The predicted molar refractivity (Wildman–Crippen MR) is 80.6 cm³/mol. The van der Waals surface area contributed by atoms with E-state index in [0.717, 1.165) is 23.5 Å². The summed E-state index contributed by atoms with van der Waals surface area (Å²) < 4.78 is 0. The largest absolute Gasteiger partial charge is 0.369 e. The number of benzene rings is 1. The number of hydrogen-bond acceptors (Lipinski definition) is 4. The predicted octanol–water partition coefficient (Wildman–Crippen LogP) is 1.20. The van der Waals surface area contributed by atoms with Crippen LogP contribution in [0.5, 0.6) is 0 Å². The fourth-order valence-electron chi connectivity index (χ4n) is 2.13. The summed E-state index contributed by atoms with van der Waals surface area (Å²) >= 11 is 1.33. The first kappa shape index (κ1) is 14.9. The first-order chi connectivity index (χ1) is 9.51. The fraction of sp³-hybridized carbons (Fsp3) is 0.429. The van der Waals surface area contributed by atoms with Gasteiger partial charge in [0.05, 0.1) is 16.9 Å². The van der Waals surface area contributed by atoms with Gasteiger partial charge in [0.25, 0.3) is 0 Å². The van der Waals surface area contributed by atoms with Crippen LogP contribution in [0.2, 0.25) is 0 Å². The number of nitrogens with two attached hydrogens (primary N) is 1. The molecule has 0 bridgehead atoms. The van der Waals surface area contributed by atoms with Crippen molar-refractivity contribution in [2.45, 2.75) is 18.2 Å². The zero-order valence-corrected chi connectivity index (χ0v) is 12.3. The fourth-order valence-corrected chi connectivity index (χ4v) is 2.88. The molecule has 4 N–H and O–H groups in total. The first-order valence-electron chi connectivity index (χ1n) is 6.53. The van der Waals surface area contributed by atoms with E-state index >= 15 is 0 Å². The number of hydrogen-bond donors (Lipinski definition) is 3. The Morgan fingerprint density at radius 2 is 2.20 bits per heavy atom. The van der Waals surface area contributed by atoms with Crippen LogP contribution in [0.3, 0.4) is 0 Å². The summed E-state index contributed by atoms with van der Waals surface area (Å²) in [7, 11) is 0. The van der Waals surface area contributed by atoms with Gasteiger partial charge in [-0.1, -0.05) is 12.1 Å². The lowest BCUT2D eigenvalue weighted by Crippen LogP contribution is -2.35. The number of primary amides is 1. The summed E-state index contributed by atoms with van der Waals surface area (Å²) in [6.07, 6.45) is 0.829. The van der Waals surface area contributed by atoms with Gasteiger partial charge in [0.15, 0.2) is 0 Å². The molecule has 0 aromatic heterocycles. The van der Waals surface area contributed by atoms with Gasteiger partial charge in [-0.15, -0.1) is 11.8 Å². The molecule has 1 aliphatic heterocycles. The molecule has 0 spiro atoms. The van der Waals surface area contributed by atoms with Gasteiger partial charge in [0.1, 0.15) is 0 Å². The number of carbonyl (C=O) groups excluding carboxylic acids is 2. The molecule has 1 heterocycles. The highest BCUT2D eigenvalue weighted by Gasteiger charge is 2.36. The van der Waals surface area contributed by atoms with E-state index in [1.54, 1.807) is 0 Å². The topological polar surface area (TPSA) is 84.2 Å². The quantitative estimate of drug-likeness (QED) is 0.712. The van der Waals surface area contributed by atoms with Crippen LogP contribution in [0.15, 0.2) is 29.2 Å². The molecular formula is C14H19N3O2S. The highest BCUT2D eigenvalue weighted by molar-refractivity contribution is 8.00. The Bertz CT molecular complexity index is 513. The second-order valence-electron chi connectivity index (χ2n) is 5.19. The normalized spacial score (nSPS) is 21.6. The molecule has 1 aromatic rings. The highest BCUT2D eigenvalue weighted by atomic mass is 32.2. The average molecular weight is 293 g/mol. The van der Waals surface area contributed by atoms with Crippen molar-refractivity contribution in [3.05, 3.63) is 24.3 Å². The monoisotopic (exact) mass is 293 g/mol. The number of nitrogens with one attached hydrogen (secondary N) is 2. The highest BCUT2D eigenvalue weighted by Crippen LogP contribution is 2.30. The number of rotatable bonds is 5. The molecule has 5 nitrogen and oxygen atoms in total. The van der Waals surface area contributed by atoms with Gasteiger partial charge < -0.3 is 16.4 Å². The van der Waals surface area contributed by atoms with Crippen molar-refractivity contribution >= 4 is 29.3 Å². The summed E-state index contributed by atoms with van der Waals surface area (Å²) in [5.41, 5.74) is 5.52. The van der Waals surface area contributed by atoms with Crippen LogP contribution in [0, 0.1) is 5.41 Å². The molecule has 108 valence electrons. The molecule has 0 saturated carbocycles. The minimum atomic E-state index is -0.374. The van der Waals surface area contributed by atoms with Crippen LogP contribution < -0.4 is 16.4 Å². The molecule has 2 amide bonds. The minimum Gasteiger partial charge on any atom is -0.369 e. The van der Waals surface area contributed by atoms with Gasteiger partial charge in [-0.2, -0.15) is 0 Å². The maximum Gasteiger partial charge on any atom is 0.231 e. The lowest BCUT2D eigenvalue weighted by Gasteiger charge is -2.22. The summed E-state index contributed by atoms with van der Waals surface area (Å²) in [6.45, 7) is 3.51. The van der Waals surface area contributed by atoms with Crippen molar-refractivity contribution in [3.63, 3.8) is 0 Å². The smallest absolute Gasteiger partial charge is 0.231 e. The molecule has 1 saturated heterocycles. The first-order valence-corrected chi connectivity index (χ1v) is 7.52. The number of thioether (sulfide) groups is 1. The second kappa shape index (κ2) is 6.28. The Morgan fingerprint density at radius 1 is 1.45 bits per heavy atom. The molecule has 1 aliphatic rings. The van der Waals surface area contributed by atoms with E-state index in [2.05, 4.69) is 10.6 Å². The second-order valence-corrected chi connectivity index (χ2v) is 6.21. The van der Waals surface area contributed by atoms with E-state index in [0.29, 0.717) is 6.54 Å². The van der Waals surface area contributed by atoms with Crippen LogP contribution in [0.25, 0.3) is 0 Å². The van der Waals surface area contributed by atoms with Gasteiger partial charge in [-0.3, -0.25) is 9.59 Å². The summed E-state index contributed by atoms with van der Waals surface area (Å²) in [4.78, 5) is 24.1. The molecule has 0 radical (unpaired) electrons. The van der Waals surface area contributed by atoms with Crippen LogP contribution in [0.1, 0.15) is 13.3 Å². The Kier molecular flexibility index (Phi) is 4.67. The van der Waals surface area contributed by atoms with E-state index in [-0.39, 0.29) is 23.0 Å². The third-order valence-electron chi connectivity index (χ3n) is 3.42. The van der Waals surface area contributed by atoms with Crippen molar-refractivity contribution in [2.24, 2.45) is 11.1 Å². The maximum absolute atomic E-state index is 12.4. The number of anilines is 1. The van der Waals surface area contributed by atoms with Crippen molar-refractivity contribution < 1.29 is 9.59 Å². The van der Waals surface area contributed by atoms with Crippen LogP contribution in [-0.2, 0) is 9.59 Å². The van der Waals surface area contributed by atoms with Gasteiger partial charge in [-0.25, -0.2) is 0 Å². The number of para-hydroxylation sites is 1. The van der Waals surface area contributed by atoms with Gasteiger partial charge >= 0.3 is 0 Å². The van der Waals surface area contributed by atoms with Gasteiger partial charge in [0.2, 0.25) is 11.8 Å². The molecular weight excluding hydrogens is 274 g/mol. The molecule has 1 atom stereocenters. The molecule has 0 aliphatic carbocycles. The van der Waals surface area contributed by atoms with E-state index in [1.165, 1.54) is 11.8 Å². The molecule has 1 fully saturated rings. The van der Waals surface area contributed by atoms with Gasteiger partial charge in [-0.05, 0) is 32.0 Å². The van der Waals surface area contributed by atoms with E-state index in [9.17, 15) is 9.59 Å². The standard InChI is InChI=1S/C14H19N3O2S/c1-14(6-7-16-9-14)13(19)17-10-4-2-3-5-11(10)20-8-12(15)18/h2-5,16H,6-9H2,1H3,(H2,15,18)(H,17,19). The Hall–Kier alpha value is -1.53. The van der Waals surface area contributed by atoms with E-state index in [4.69, 9.17) is 5.73 Å². The third-order valence-corrected chi connectivity index (χ3v) is 4.52.